The molecule has 0 fully saturated rings. The van der Waals surface area contributed by atoms with Crippen molar-refractivity contribution in [3.8, 4) is 5.75 Å². The SMILES string of the molecule is Cc1ccc(OCCNC(=O)/C(=C/c2ccco2)NC(=O)c2ccccc2)c(C)c1. The van der Waals surface area contributed by atoms with E-state index in [9.17, 15) is 9.59 Å². The number of carbonyl (C=O) groups excluding carboxylic acids is 2. The maximum Gasteiger partial charge on any atom is 0.268 e. The number of aryl methyl sites for hydroxylation is 2. The highest BCUT2D eigenvalue weighted by atomic mass is 16.5. The number of nitrogens with one attached hydrogen (secondary N) is 2. The molecule has 1 aromatic heterocycles. The van der Waals surface area contributed by atoms with Crippen molar-refractivity contribution in [2.45, 2.75) is 13.8 Å². The van der Waals surface area contributed by atoms with Crippen molar-refractivity contribution in [3.63, 3.8) is 0 Å². The van der Waals surface area contributed by atoms with Gasteiger partial charge in [-0.1, -0.05) is 35.9 Å². The van der Waals surface area contributed by atoms with Gasteiger partial charge in [-0.3, -0.25) is 9.59 Å². The summed E-state index contributed by atoms with van der Waals surface area (Å²) in [5.41, 5.74) is 2.74. The van der Waals surface area contributed by atoms with Crippen LogP contribution in [0.15, 0.2) is 77.0 Å². The molecule has 2 N–H and O–H groups in total. The molecule has 30 heavy (non-hydrogen) atoms. The molecule has 0 atom stereocenters. The molecule has 0 aliphatic carbocycles. The van der Waals surface area contributed by atoms with Gasteiger partial charge in [0.2, 0.25) is 0 Å². The smallest absolute Gasteiger partial charge is 0.268 e. The molecule has 2 amide bonds. The van der Waals surface area contributed by atoms with Crippen LogP contribution in [0.1, 0.15) is 27.2 Å². The minimum absolute atomic E-state index is 0.0883. The zero-order valence-corrected chi connectivity index (χ0v) is 17.0. The first-order chi connectivity index (χ1) is 14.5. The third-order valence-corrected chi connectivity index (χ3v) is 4.33. The number of benzene rings is 2. The molecule has 6 nitrogen and oxygen atoms in total. The minimum Gasteiger partial charge on any atom is -0.491 e. The van der Waals surface area contributed by atoms with E-state index in [0.717, 1.165) is 16.9 Å². The van der Waals surface area contributed by atoms with Gasteiger partial charge in [-0.05, 0) is 49.7 Å². The number of amides is 2. The van der Waals surface area contributed by atoms with Crippen LogP contribution in [-0.4, -0.2) is 25.0 Å². The molecule has 154 valence electrons. The number of hydrogen-bond acceptors (Lipinski definition) is 4. The highest BCUT2D eigenvalue weighted by molar-refractivity contribution is 6.05. The summed E-state index contributed by atoms with van der Waals surface area (Å²) >= 11 is 0. The molecule has 3 aromatic rings. The van der Waals surface area contributed by atoms with Crippen LogP contribution in [0.2, 0.25) is 0 Å². The highest BCUT2D eigenvalue weighted by Crippen LogP contribution is 2.18. The van der Waals surface area contributed by atoms with E-state index < -0.39 is 5.91 Å². The Hall–Kier alpha value is -3.80. The van der Waals surface area contributed by atoms with Gasteiger partial charge in [0.1, 0.15) is 23.8 Å². The predicted molar refractivity (Wildman–Crippen MR) is 115 cm³/mol. The van der Waals surface area contributed by atoms with Gasteiger partial charge in [-0.15, -0.1) is 0 Å². The highest BCUT2D eigenvalue weighted by Gasteiger charge is 2.15. The lowest BCUT2D eigenvalue weighted by molar-refractivity contribution is -0.117. The number of carbonyl (C=O) groups is 2. The van der Waals surface area contributed by atoms with E-state index in [4.69, 9.17) is 9.15 Å². The van der Waals surface area contributed by atoms with Crippen molar-refractivity contribution in [1.82, 2.24) is 10.6 Å². The fraction of sp³-hybridized carbons (Fsp3) is 0.167. The topological polar surface area (TPSA) is 80.6 Å². The van der Waals surface area contributed by atoms with Crippen molar-refractivity contribution < 1.29 is 18.7 Å². The van der Waals surface area contributed by atoms with Crippen LogP contribution in [0.4, 0.5) is 0 Å². The minimum atomic E-state index is -0.431. The van der Waals surface area contributed by atoms with Crippen LogP contribution in [0.5, 0.6) is 5.75 Å². The van der Waals surface area contributed by atoms with Crippen LogP contribution in [0.25, 0.3) is 6.08 Å². The van der Waals surface area contributed by atoms with E-state index in [1.807, 2.05) is 38.1 Å². The third-order valence-electron chi connectivity index (χ3n) is 4.33. The van der Waals surface area contributed by atoms with Crippen LogP contribution < -0.4 is 15.4 Å². The Morgan fingerprint density at radius 3 is 2.53 bits per heavy atom. The Morgan fingerprint density at radius 1 is 1.03 bits per heavy atom. The lowest BCUT2D eigenvalue weighted by atomic mass is 10.1. The molecule has 0 bridgehead atoms. The zero-order valence-electron chi connectivity index (χ0n) is 17.0. The fourth-order valence-electron chi connectivity index (χ4n) is 2.84. The number of ether oxygens (including phenoxy) is 1. The summed E-state index contributed by atoms with van der Waals surface area (Å²) in [6, 6.07) is 18.0. The zero-order chi connectivity index (χ0) is 21.3. The van der Waals surface area contributed by atoms with E-state index >= 15 is 0 Å². The molecular weight excluding hydrogens is 380 g/mol. The molecule has 0 saturated carbocycles. The molecule has 0 saturated heterocycles. The maximum absolute atomic E-state index is 12.7. The average molecular weight is 404 g/mol. The second kappa shape index (κ2) is 10.1. The van der Waals surface area contributed by atoms with Gasteiger partial charge < -0.3 is 19.8 Å². The monoisotopic (exact) mass is 404 g/mol. The van der Waals surface area contributed by atoms with Gasteiger partial charge in [0.25, 0.3) is 11.8 Å². The van der Waals surface area contributed by atoms with Gasteiger partial charge in [0, 0.05) is 11.6 Å². The first-order valence-corrected chi connectivity index (χ1v) is 9.63. The summed E-state index contributed by atoms with van der Waals surface area (Å²) in [6.45, 7) is 4.58. The summed E-state index contributed by atoms with van der Waals surface area (Å²) in [5.74, 6) is 0.425. The summed E-state index contributed by atoms with van der Waals surface area (Å²) in [5, 5.41) is 5.42. The quantitative estimate of drug-likeness (QED) is 0.441. The molecule has 0 unspecified atom stereocenters. The second-order valence-electron chi connectivity index (χ2n) is 6.77. The Bertz CT molecular complexity index is 1020. The van der Waals surface area contributed by atoms with E-state index in [1.165, 1.54) is 12.3 Å². The Labute approximate surface area is 175 Å². The van der Waals surface area contributed by atoms with Crippen molar-refractivity contribution >= 4 is 17.9 Å². The van der Waals surface area contributed by atoms with Gasteiger partial charge >= 0.3 is 0 Å². The van der Waals surface area contributed by atoms with Gasteiger partial charge in [0.15, 0.2) is 0 Å². The van der Waals surface area contributed by atoms with E-state index in [1.54, 1.807) is 36.4 Å². The van der Waals surface area contributed by atoms with Gasteiger partial charge in [0.05, 0.1) is 12.8 Å². The normalized spacial score (nSPS) is 11.1. The van der Waals surface area contributed by atoms with Crippen molar-refractivity contribution in [2.75, 3.05) is 13.2 Å². The predicted octanol–water partition coefficient (Wildman–Crippen LogP) is 3.86. The summed E-state index contributed by atoms with van der Waals surface area (Å²) < 4.78 is 11.0. The number of hydrogen-bond donors (Lipinski definition) is 2. The van der Waals surface area contributed by atoms with Crippen molar-refractivity contribution in [1.29, 1.82) is 0 Å². The average Bonchev–Trinajstić information content (AvgIpc) is 3.25. The first-order valence-electron chi connectivity index (χ1n) is 9.63. The molecule has 6 heteroatoms. The van der Waals surface area contributed by atoms with Gasteiger partial charge in [-0.2, -0.15) is 0 Å². The second-order valence-corrected chi connectivity index (χ2v) is 6.77. The number of furan rings is 1. The Morgan fingerprint density at radius 2 is 1.83 bits per heavy atom. The first kappa shape index (κ1) is 20.9. The molecule has 0 radical (unpaired) electrons. The largest absolute Gasteiger partial charge is 0.491 e. The Balaban J connectivity index is 1.61. The molecule has 1 heterocycles. The molecule has 0 spiro atoms. The third kappa shape index (κ3) is 5.85. The standard InChI is InChI=1S/C24H24N2O4/c1-17-10-11-22(18(2)15-17)30-14-12-25-24(28)21(16-20-9-6-13-29-20)26-23(27)19-7-4-3-5-8-19/h3-11,13,15-16H,12,14H2,1-2H3,(H,25,28)(H,26,27)/b21-16-. The molecular formula is C24H24N2O4. The van der Waals surface area contributed by atoms with Crippen molar-refractivity contribution in [2.24, 2.45) is 0 Å². The van der Waals surface area contributed by atoms with Crippen LogP contribution in [0, 0.1) is 13.8 Å². The van der Waals surface area contributed by atoms with Crippen LogP contribution in [0.3, 0.4) is 0 Å². The summed E-state index contributed by atoms with van der Waals surface area (Å²) in [4.78, 5) is 25.1. The van der Waals surface area contributed by atoms with E-state index in [0.29, 0.717) is 17.9 Å². The lowest BCUT2D eigenvalue weighted by Gasteiger charge is -2.12. The van der Waals surface area contributed by atoms with Gasteiger partial charge in [-0.25, -0.2) is 0 Å². The summed E-state index contributed by atoms with van der Waals surface area (Å²) in [7, 11) is 0. The van der Waals surface area contributed by atoms with E-state index in [2.05, 4.69) is 10.6 Å². The molecule has 3 rings (SSSR count). The molecule has 0 aliphatic rings. The summed E-state index contributed by atoms with van der Waals surface area (Å²) in [6.07, 6.45) is 2.99. The van der Waals surface area contributed by atoms with E-state index in [-0.39, 0.29) is 18.1 Å². The van der Waals surface area contributed by atoms with Crippen LogP contribution >= 0.6 is 0 Å². The number of rotatable bonds is 8. The Kier molecular flexibility index (Phi) is 7.05. The fourth-order valence-corrected chi connectivity index (χ4v) is 2.84. The maximum atomic E-state index is 12.7. The molecule has 0 aliphatic heterocycles. The lowest BCUT2D eigenvalue weighted by Crippen LogP contribution is -2.36. The van der Waals surface area contributed by atoms with Crippen molar-refractivity contribution in [3.05, 3.63) is 95.1 Å². The van der Waals surface area contributed by atoms with Crippen LogP contribution in [-0.2, 0) is 4.79 Å². The molecule has 2 aromatic carbocycles.